The fourth-order valence-corrected chi connectivity index (χ4v) is 4.78. The molecule has 4 heteroatoms. The van der Waals surface area contributed by atoms with Crippen molar-refractivity contribution in [2.45, 2.75) is 36.7 Å². The molecule has 1 N–H and O–H groups in total. The highest BCUT2D eigenvalue weighted by Crippen LogP contribution is 2.31. The fraction of sp³-hybridized carbons (Fsp3) is 0.348. The van der Waals surface area contributed by atoms with Gasteiger partial charge in [0.2, 0.25) is 5.91 Å². The summed E-state index contributed by atoms with van der Waals surface area (Å²) >= 11 is 1.73. The summed E-state index contributed by atoms with van der Waals surface area (Å²) in [7, 11) is 0. The fourth-order valence-electron chi connectivity index (χ4n) is 3.85. The zero-order chi connectivity index (χ0) is 18.6. The van der Waals surface area contributed by atoms with Crippen LogP contribution in [0.2, 0.25) is 0 Å². The normalized spacial score (nSPS) is 16.6. The number of thioether (sulfide) groups is 1. The number of nitrogens with one attached hydrogen (secondary N) is 1. The zero-order valence-corrected chi connectivity index (χ0v) is 16.5. The Hall–Kier alpha value is -2.20. The van der Waals surface area contributed by atoms with Gasteiger partial charge in [-0.2, -0.15) is 0 Å². The molecule has 1 amide bonds. The summed E-state index contributed by atoms with van der Waals surface area (Å²) in [4.78, 5) is 18.4. The van der Waals surface area contributed by atoms with Gasteiger partial charge < -0.3 is 9.88 Å². The van der Waals surface area contributed by atoms with E-state index in [9.17, 15) is 4.79 Å². The van der Waals surface area contributed by atoms with E-state index >= 15 is 0 Å². The maximum Gasteiger partial charge on any atom is 0.235 e. The Bertz CT molecular complexity index is 864. The van der Waals surface area contributed by atoms with Gasteiger partial charge in [0.25, 0.3) is 0 Å². The van der Waals surface area contributed by atoms with Crippen LogP contribution in [0.1, 0.15) is 36.9 Å². The summed E-state index contributed by atoms with van der Waals surface area (Å²) in [5.41, 5.74) is 3.80. The van der Waals surface area contributed by atoms with Crippen molar-refractivity contribution in [2.24, 2.45) is 0 Å². The summed E-state index contributed by atoms with van der Waals surface area (Å²) in [6.07, 6.45) is 2.07. The molecule has 2 aromatic carbocycles. The van der Waals surface area contributed by atoms with Gasteiger partial charge in [0, 0.05) is 36.0 Å². The standard InChI is InChI=1S/C23H26N2OS/c1-17(27-16-18-7-3-2-4-8-18)23(26)25-13-11-19(12-14-25)22-15-20-9-5-6-10-21(20)24-22/h2-10,15,17,19,24H,11-14,16H2,1H3. The van der Waals surface area contributed by atoms with Crippen LogP contribution in [0.15, 0.2) is 60.7 Å². The SMILES string of the molecule is CC(SCc1ccccc1)C(=O)N1CCC(c2cc3ccccc3[nH]2)CC1. The lowest BCUT2D eigenvalue weighted by Crippen LogP contribution is -2.41. The number of aromatic nitrogens is 1. The zero-order valence-electron chi connectivity index (χ0n) is 15.7. The van der Waals surface area contributed by atoms with E-state index in [0.717, 1.165) is 31.7 Å². The van der Waals surface area contributed by atoms with Gasteiger partial charge in [-0.15, -0.1) is 11.8 Å². The highest BCUT2D eigenvalue weighted by molar-refractivity contribution is 7.99. The van der Waals surface area contributed by atoms with Crippen molar-refractivity contribution in [2.75, 3.05) is 13.1 Å². The molecule has 0 bridgehead atoms. The Kier molecular flexibility index (Phi) is 5.53. The van der Waals surface area contributed by atoms with E-state index in [1.807, 2.05) is 13.0 Å². The minimum atomic E-state index is 0.00910. The summed E-state index contributed by atoms with van der Waals surface area (Å²) in [5.74, 6) is 1.69. The van der Waals surface area contributed by atoms with E-state index in [2.05, 4.69) is 64.5 Å². The first-order valence-electron chi connectivity index (χ1n) is 9.72. The molecule has 2 heterocycles. The van der Waals surface area contributed by atoms with Crippen LogP contribution in [0.4, 0.5) is 0 Å². The second-order valence-electron chi connectivity index (χ2n) is 7.35. The molecule has 1 atom stereocenters. The molecule has 27 heavy (non-hydrogen) atoms. The van der Waals surface area contributed by atoms with Gasteiger partial charge in [-0.05, 0) is 42.8 Å². The molecule has 140 valence electrons. The quantitative estimate of drug-likeness (QED) is 0.663. The number of benzene rings is 2. The summed E-state index contributed by atoms with van der Waals surface area (Å²) in [6, 6.07) is 21.1. The molecular weight excluding hydrogens is 352 g/mol. The first kappa shape index (κ1) is 18.2. The highest BCUT2D eigenvalue weighted by atomic mass is 32.2. The second kappa shape index (κ2) is 8.22. The Morgan fingerprint density at radius 3 is 2.56 bits per heavy atom. The average Bonchev–Trinajstić information content (AvgIpc) is 3.16. The first-order valence-corrected chi connectivity index (χ1v) is 10.8. The third-order valence-electron chi connectivity index (χ3n) is 5.49. The lowest BCUT2D eigenvalue weighted by atomic mass is 9.93. The van der Waals surface area contributed by atoms with Gasteiger partial charge in [0.1, 0.15) is 0 Å². The smallest absolute Gasteiger partial charge is 0.235 e. The molecule has 0 saturated carbocycles. The Morgan fingerprint density at radius 1 is 1.11 bits per heavy atom. The number of hydrogen-bond donors (Lipinski definition) is 1. The van der Waals surface area contributed by atoms with Crippen molar-refractivity contribution < 1.29 is 4.79 Å². The van der Waals surface area contributed by atoms with Gasteiger partial charge in [-0.3, -0.25) is 4.79 Å². The van der Waals surface area contributed by atoms with Crippen LogP contribution in [-0.2, 0) is 10.5 Å². The molecule has 4 rings (SSSR count). The molecule has 1 aliphatic heterocycles. The number of carbonyl (C=O) groups is 1. The molecule has 3 aromatic rings. The van der Waals surface area contributed by atoms with Crippen molar-refractivity contribution in [1.29, 1.82) is 0 Å². The molecule has 1 fully saturated rings. The number of piperidine rings is 1. The number of carbonyl (C=O) groups excluding carboxylic acids is 1. The van der Waals surface area contributed by atoms with Crippen LogP contribution in [0.25, 0.3) is 10.9 Å². The number of fused-ring (bicyclic) bond motifs is 1. The summed E-state index contributed by atoms with van der Waals surface area (Å²) < 4.78 is 0. The highest BCUT2D eigenvalue weighted by Gasteiger charge is 2.27. The molecule has 1 aliphatic rings. The third kappa shape index (κ3) is 4.22. The van der Waals surface area contributed by atoms with E-state index in [4.69, 9.17) is 0 Å². The average molecular weight is 379 g/mol. The predicted octanol–water partition coefficient (Wildman–Crippen LogP) is 5.20. The van der Waals surface area contributed by atoms with E-state index in [1.54, 1.807) is 11.8 Å². The number of H-pyrrole nitrogens is 1. The van der Waals surface area contributed by atoms with Crippen LogP contribution in [0.3, 0.4) is 0 Å². The summed E-state index contributed by atoms with van der Waals surface area (Å²) in [6.45, 7) is 3.75. The number of rotatable bonds is 5. The first-order chi connectivity index (χ1) is 13.2. The summed E-state index contributed by atoms with van der Waals surface area (Å²) in [5, 5.41) is 1.28. The number of likely N-dealkylation sites (tertiary alicyclic amines) is 1. The monoisotopic (exact) mass is 378 g/mol. The van der Waals surface area contributed by atoms with Gasteiger partial charge >= 0.3 is 0 Å². The molecule has 1 saturated heterocycles. The number of aromatic amines is 1. The minimum Gasteiger partial charge on any atom is -0.358 e. The second-order valence-corrected chi connectivity index (χ2v) is 8.68. The molecular formula is C23H26N2OS. The van der Waals surface area contributed by atoms with Gasteiger partial charge in [-0.1, -0.05) is 48.5 Å². The number of hydrogen-bond acceptors (Lipinski definition) is 2. The molecule has 1 aromatic heterocycles. The van der Waals surface area contributed by atoms with E-state index < -0.39 is 0 Å². The third-order valence-corrected chi connectivity index (χ3v) is 6.69. The Labute approximate surface area is 165 Å². The number of nitrogens with zero attached hydrogens (tertiary/aromatic N) is 1. The van der Waals surface area contributed by atoms with Crippen LogP contribution in [-0.4, -0.2) is 34.1 Å². The lowest BCUT2D eigenvalue weighted by Gasteiger charge is -2.33. The number of para-hydroxylation sites is 1. The van der Waals surface area contributed by atoms with Gasteiger partial charge in [0.15, 0.2) is 0 Å². The van der Waals surface area contributed by atoms with Crippen molar-refractivity contribution in [3.05, 3.63) is 71.9 Å². The van der Waals surface area contributed by atoms with E-state index in [1.165, 1.54) is 22.2 Å². The van der Waals surface area contributed by atoms with Crippen molar-refractivity contribution >= 4 is 28.6 Å². The maximum atomic E-state index is 12.8. The molecule has 0 aliphatic carbocycles. The van der Waals surface area contributed by atoms with Crippen molar-refractivity contribution in [3.8, 4) is 0 Å². The minimum absolute atomic E-state index is 0.00910. The lowest BCUT2D eigenvalue weighted by molar-refractivity contribution is -0.131. The van der Waals surface area contributed by atoms with Crippen LogP contribution in [0, 0.1) is 0 Å². The Balaban J connectivity index is 1.30. The van der Waals surface area contributed by atoms with Gasteiger partial charge in [-0.25, -0.2) is 0 Å². The van der Waals surface area contributed by atoms with E-state index in [0.29, 0.717) is 5.92 Å². The van der Waals surface area contributed by atoms with Crippen molar-refractivity contribution in [3.63, 3.8) is 0 Å². The Morgan fingerprint density at radius 2 is 1.81 bits per heavy atom. The van der Waals surface area contributed by atoms with Gasteiger partial charge in [0.05, 0.1) is 5.25 Å². The topological polar surface area (TPSA) is 36.1 Å². The van der Waals surface area contributed by atoms with Crippen LogP contribution in [0.5, 0.6) is 0 Å². The maximum absolute atomic E-state index is 12.8. The van der Waals surface area contributed by atoms with Crippen molar-refractivity contribution in [1.82, 2.24) is 9.88 Å². The number of amides is 1. The molecule has 3 nitrogen and oxygen atoms in total. The predicted molar refractivity (Wildman–Crippen MR) is 114 cm³/mol. The van der Waals surface area contributed by atoms with Crippen LogP contribution >= 0.6 is 11.8 Å². The molecule has 0 spiro atoms. The largest absolute Gasteiger partial charge is 0.358 e. The molecule has 0 radical (unpaired) electrons. The van der Waals surface area contributed by atoms with E-state index in [-0.39, 0.29) is 11.2 Å². The van der Waals surface area contributed by atoms with Crippen LogP contribution < -0.4 is 0 Å². The molecule has 1 unspecified atom stereocenters.